The molecule has 94 valence electrons. The zero-order chi connectivity index (χ0) is 12.8. The molecular weight excluding hydrogens is 307 g/mol. The number of hydrogen-bond donors (Lipinski definition) is 2. The Labute approximate surface area is 114 Å². The molecule has 6 heteroatoms. The van der Waals surface area contributed by atoms with Crippen molar-refractivity contribution in [3.05, 3.63) is 27.7 Å². The van der Waals surface area contributed by atoms with Crippen LogP contribution in [0, 0.1) is 0 Å². The van der Waals surface area contributed by atoms with E-state index >= 15 is 0 Å². The highest BCUT2D eigenvalue weighted by Crippen LogP contribution is 2.25. The van der Waals surface area contributed by atoms with E-state index in [1.165, 1.54) is 0 Å². The summed E-state index contributed by atoms with van der Waals surface area (Å²) in [5.41, 5.74) is 0.581. The minimum atomic E-state index is -0.162. The predicted octanol–water partition coefficient (Wildman–Crippen LogP) is 1.97. The smallest absolute Gasteiger partial charge is 0.238 e. The zero-order valence-electron chi connectivity index (χ0n) is 9.41. The first kappa shape index (κ1) is 14.4. The molecule has 0 unspecified atom stereocenters. The van der Waals surface area contributed by atoms with Gasteiger partial charge in [-0.3, -0.25) is 9.69 Å². The molecule has 1 amide bonds. The van der Waals surface area contributed by atoms with Gasteiger partial charge in [0, 0.05) is 11.0 Å². The number of rotatable bonds is 5. The second kappa shape index (κ2) is 6.96. The van der Waals surface area contributed by atoms with Crippen molar-refractivity contribution >= 4 is 39.1 Å². The Kier molecular flexibility index (Phi) is 5.91. The maximum absolute atomic E-state index is 11.6. The summed E-state index contributed by atoms with van der Waals surface area (Å²) in [4.78, 5) is 13.4. The van der Waals surface area contributed by atoms with Crippen molar-refractivity contribution in [1.82, 2.24) is 4.90 Å². The van der Waals surface area contributed by atoms with Crippen molar-refractivity contribution in [2.75, 3.05) is 32.1 Å². The molecule has 0 atom stereocenters. The average molecular weight is 322 g/mol. The van der Waals surface area contributed by atoms with E-state index in [1.807, 2.05) is 0 Å². The van der Waals surface area contributed by atoms with Gasteiger partial charge in [0.25, 0.3) is 0 Å². The number of anilines is 1. The van der Waals surface area contributed by atoms with Crippen molar-refractivity contribution < 1.29 is 9.90 Å². The van der Waals surface area contributed by atoms with E-state index in [0.717, 1.165) is 4.47 Å². The van der Waals surface area contributed by atoms with Gasteiger partial charge in [-0.2, -0.15) is 0 Å². The monoisotopic (exact) mass is 320 g/mol. The standard InChI is InChI=1S/C11H14BrClN2O2/c1-15(4-5-16)7-11(17)14-10-3-2-8(12)6-9(10)13/h2-3,6,16H,4-5,7H2,1H3,(H,14,17). The zero-order valence-corrected chi connectivity index (χ0v) is 11.8. The third-order valence-electron chi connectivity index (χ3n) is 2.10. The minimum absolute atomic E-state index is 0.0306. The molecular formula is C11H14BrClN2O2. The molecule has 0 radical (unpaired) electrons. The maximum Gasteiger partial charge on any atom is 0.238 e. The van der Waals surface area contributed by atoms with E-state index < -0.39 is 0 Å². The van der Waals surface area contributed by atoms with Crippen molar-refractivity contribution in [3.63, 3.8) is 0 Å². The van der Waals surface area contributed by atoms with E-state index in [1.54, 1.807) is 30.1 Å². The van der Waals surface area contributed by atoms with Gasteiger partial charge in [0.15, 0.2) is 0 Å². The van der Waals surface area contributed by atoms with Crippen molar-refractivity contribution in [1.29, 1.82) is 0 Å². The summed E-state index contributed by atoms with van der Waals surface area (Å²) in [6.45, 7) is 0.706. The lowest BCUT2D eigenvalue weighted by molar-refractivity contribution is -0.117. The van der Waals surface area contributed by atoms with Gasteiger partial charge in [-0.1, -0.05) is 27.5 Å². The number of benzene rings is 1. The number of halogens is 2. The summed E-state index contributed by atoms with van der Waals surface area (Å²) in [7, 11) is 1.76. The van der Waals surface area contributed by atoms with Crippen LogP contribution in [0.4, 0.5) is 5.69 Å². The summed E-state index contributed by atoms with van der Waals surface area (Å²) >= 11 is 9.26. The summed E-state index contributed by atoms with van der Waals surface area (Å²) in [5.74, 6) is -0.162. The van der Waals surface area contributed by atoms with E-state index in [0.29, 0.717) is 17.3 Å². The van der Waals surface area contributed by atoms with Crippen LogP contribution in [0.1, 0.15) is 0 Å². The van der Waals surface area contributed by atoms with Crippen molar-refractivity contribution in [2.45, 2.75) is 0 Å². The first-order chi connectivity index (χ1) is 8.02. The Morgan fingerprint density at radius 2 is 2.29 bits per heavy atom. The third-order valence-corrected chi connectivity index (χ3v) is 2.91. The second-order valence-electron chi connectivity index (χ2n) is 3.63. The molecule has 0 aliphatic heterocycles. The van der Waals surface area contributed by atoms with Gasteiger partial charge in [-0.05, 0) is 25.2 Å². The predicted molar refractivity (Wildman–Crippen MR) is 72.4 cm³/mol. The Hall–Kier alpha value is -0.620. The van der Waals surface area contributed by atoms with E-state index in [2.05, 4.69) is 21.2 Å². The first-order valence-electron chi connectivity index (χ1n) is 5.07. The third kappa shape index (κ3) is 5.04. The second-order valence-corrected chi connectivity index (χ2v) is 4.96. The highest BCUT2D eigenvalue weighted by Gasteiger charge is 2.08. The summed E-state index contributed by atoms with van der Waals surface area (Å²) in [6, 6.07) is 5.25. The molecule has 1 rings (SSSR count). The fraction of sp³-hybridized carbons (Fsp3) is 0.364. The number of aliphatic hydroxyl groups is 1. The van der Waals surface area contributed by atoms with Gasteiger partial charge in [-0.15, -0.1) is 0 Å². The molecule has 0 aliphatic carbocycles. The molecule has 4 nitrogen and oxygen atoms in total. The van der Waals surface area contributed by atoms with Crippen molar-refractivity contribution in [2.24, 2.45) is 0 Å². The van der Waals surface area contributed by atoms with Crippen molar-refractivity contribution in [3.8, 4) is 0 Å². The molecule has 0 fully saturated rings. The molecule has 1 aromatic rings. The van der Waals surface area contributed by atoms with Crippen LogP contribution in [-0.4, -0.2) is 42.7 Å². The SMILES string of the molecule is CN(CCO)CC(=O)Nc1ccc(Br)cc1Cl. The molecule has 0 heterocycles. The number of carbonyl (C=O) groups excluding carboxylic acids is 1. The normalized spacial score (nSPS) is 10.6. The Balaban J connectivity index is 2.56. The van der Waals surface area contributed by atoms with E-state index in [9.17, 15) is 4.79 Å². The quantitative estimate of drug-likeness (QED) is 0.872. The highest BCUT2D eigenvalue weighted by molar-refractivity contribution is 9.10. The first-order valence-corrected chi connectivity index (χ1v) is 6.24. The largest absolute Gasteiger partial charge is 0.395 e. The van der Waals surface area contributed by atoms with E-state index in [-0.39, 0.29) is 19.1 Å². The van der Waals surface area contributed by atoms with Gasteiger partial charge in [0.2, 0.25) is 5.91 Å². The summed E-state index contributed by atoms with van der Waals surface area (Å²) in [5, 5.41) is 11.9. The van der Waals surface area contributed by atoms with Crippen LogP contribution in [0.3, 0.4) is 0 Å². The van der Waals surface area contributed by atoms with Crippen LogP contribution < -0.4 is 5.32 Å². The number of aliphatic hydroxyl groups excluding tert-OH is 1. The topological polar surface area (TPSA) is 52.6 Å². The van der Waals surface area contributed by atoms with Crippen LogP contribution in [0.2, 0.25) is 5.02 Å². The molecule has 0 spiro atoms. The fourth-order valence-electron chi connectivity index (χ4n) is 1.28. The molecule has 1 aromatic carbocycles. The number of amides is 1. The minimum Gasteiger partial charge on any atom is -0.395 e. The Bertz CT molecular complexity index is 401. The Morgan fingerprint density at radius 3 is 2.88 bits per heavy atom. The number of nitrogens with zero attached hydrogens (tertiary/aromatic N) is 1. The Morgan fingerprint density at radius 1 is 1.59 bits per heavy atom. The van der Waals surface area contributed by atoms with Crippen LogP contribution >= 0.6 is 27.5 Å². The lowest BCUT2D eigenvalue weighted by Crippen LogP contribution is -2.32. The number of nitrogens with one attached hydrogen (secondary N) is 1. The maximum atomic E-state index is 11.6. The van der Waals surface area contributed by atoms with Crippen LogP contribution in [-0.2, 0) is 4.79 Å². The molecule has 0 saturated carbocycles. The fourth-order valence-corrected chi connectivity index (χ4v) is 2.00. The number of hydrogen-bond acceptors (Lipinski definition) is 3. The van der Waals surface area contributed by atoms with Gasteiger partial charge in [0.05, 0.1) is 23.9 Å². The lowest BCUT2D eigenvalue weighted by Gasteiger charge is -2.15. The molecule has 0 aromatic heterocycles. The molecule has 2 N–H and O–H groups in total. The summed E-state index contributed by atoms with van der Waals surface area (Å²) in [6.07, 6.45) is 0. The number of carbonyl (C=O) groups is 1. The molecule has 0 aliphatic rings. The van der Waals surface area contributed by atoms with Gasteiger partial charge in [-0.25, -0.2) is 0 Å². The van der Waals surface area contributed by atoms with Gasteiger partial charge < -0.3 is 10.4 Å². The van der Waals surface area contributed by atoms with Crippen LogP contribution in [0.15, 0.2) is 22.7 Å². The number of likely N-dealkylation sites (N-methyl/N-ethyl adjacent to an activating group) is 1. The van der Waals surface area contributed by atoms with Gasteiger partial charge >= 0.3 is 0 Å². The van der Waals surface area contributed by atoms with Gasteiger partial charge in [0.1, 0.15) is 0 Å². The van der Waals surface area contributed by atoms with Crippen LogP contribution in [0.25, 0.3) is 0 Å². The molecule has 17 heavy (non-hydrogen) atoms. The lowest BCUT2D eigenvalue weighted by atomic mass is 10.3. The van der Waals surface area contributed by atoms with E-state index in [4.69, 9.17) is 16.7 Å². The molecule has 0 bridgehead atoms. The summed E-state index contributed by atoms with van der Waals surface area (Å²) < 4.78 is 0.859. The van der Waals surface area contributed by atoms with Crippen LogP contribution in [0.5, 0.6) is 0 Å². The average Bonchev–Trinajstić information content (AvgIpc) is 2.22. The molecule has 0 saturated heterocycles. The highest BCUT2D eigenvalue weighted by atomic mass is 79.9.